The molecule has 0 radical (unpaired) electrons. The van der Waals surface area contributed by atoms with E-state index in [2.05, 4.69) is 41.7 Å². The zero-order chi connectivity index (χ0) is 18.8. The molecule has 148 valence electrons. The number of aliphatic imine (C=N–C) groups is 1. The molecule has 0 spiro atoms. The Balaban J connectivity index is 0.00000364. The SMILES string of the molecule is CCNC(=NCc1ccc(NC(=O)c2ccco2)cc1)NCCC(C)C.I. The monoisotopic (exact) mass is 484 g/mol. The van der Waals surface area contributed by atoms with Crippen molar-refractivity contribution in [1.82, 2.24) is 10.6 Å². The Morgan fingerprint density at radius 3 is 2.48 bits per heavy atom. The lowest BCUT2D eigenvalue weighted by Gasteiger charge is -2.12. The first-order valence-electron chi connectivity index (χ1n) is 9.04. The van der Waals surface area contributed by atoms with Crippen molar-refractivity contribution in [2.45, 2.75) is 33.7 Å². The summed E-state index contributed by atoms with van der Waals surface area (Å²) in [5, 5.41) is 9.40. The molecule has 2 aromatic rings. The molecule has 1 heterocycles. The summed E-state index contributed by atoms with van der Waals surface area (Å²) in [6.45, 7) is 8.77. The van der Waals surface area contributed by atoms with Crippen molar-refractivity contribution in [1.29, 1.82) is 0 Å². The number of carbonyl (C=O) groups is 1. The Morgan fingerprint density at radius 2 is 1.89 bits per heavy atom. The number of benzene rings is 1. The summed E-state index contributed by atoms with van der Waals surface area (Å²) >= 11 is 0. The highest BCUT2D eigenvalue weighted by molar-refractivity contribution is 14.0. The largest absolute Gasteiger partial charge is 0.459 e. The van der Waals surface area contributed by atoms with E-state index in [4.69, 9.17) is 4.42 Å². The molecule has 0 saturated carbocycles. The van der Waals surface area contributed by atoms with Crippen LogP contribution in [0.1, 0.15) is 43.3 Å². The van der Waals surface area contributed by atoms with Crippen LogP contribution < -0.4 is 16.0 Å². The maximum absolute atomic E-state index is 12.0. The predicted molar refractivity (Wildman–Crippen MR) is 121 cm³/mol. The fourth-order valence-electron chi connectivity index (χ4n) is 2.29. The summed E-state index contributed by atoms with van der Waals surface area (Å²) in [6.07, 6.45) is 2.58. The quantitative estimate of drug-likeness (QED) is 0.298. The highest BCUT2D eigenvalue weighted by Crippen LogP contribution is 2.12. The number of halogens is 1. The number of amides is 1. The fraction of sp³-hybridized carbons (Fsp3) is 0.400. The Kier molecular flexibility index (Phi) is 10.5. The number of hydrogen-bond donors (Lipinski definition) is 3. The van der Waals surface area contributed by atoms with Crippen molar-refractivity contribution in [3.8, 4) is 0 Å². The summed E-state index contributed by atoms with van der Waals surface area (Å²) in [5.41, 5.74) is 1.79. The standard InChI is InChI=1S/C20H28N4O2.HI/c1-4-21-20(22-12-11-15(2)3)23-14-16-7-9-17(10-8-16)24-19(25)18-6-5-13-26-18;/h5-10,13,15H,4,11-12,14H2,1-3H3,(H,24,25)(H2,21,22,23);1H. The van der Waals surface area contributed by atoms with Gasteiger partial charge in [-0.25, -0.2) is 4.99 Å². The molecule has 1 aromatic carbocycles. The van der Waals surface area contributed by atoms with Crippen LogP contribution in [0.5, 0.6) is 0 Å². The summed E-state index contributed by atoms with van der Waals surface area (Å²) in [5.74, 6) is 1.52. The molecule has 1 amide bonds. The molecule has 27 heavy (non-hydrogen) atoms. The minimum atomic E-state index is -0.260. The highest BCUT2D eigenvalue weighted by atomic mass is 127. The summed E-state index contributed by atoms with van der Waals surface area (Å²) in [7, 11) is 0. The van der Waals surface area contributed by atoms with Gasteiger partial charge in [0.25, 0.3) is 5.91 Å². The van der Waals surface area contributed by atoms with Gasteiger partial charge in [-0.3, -0.25) is 4.79 Å². The van der Waals surface area contributed by atoms with Crippen molar-refractivity contribution < 1.29 is 9.21 Å². The average Bonchev–Trinajstić information content (AvgIpc) is 3.15. The third-order valence-corrected chi connectivity index (χ3v) is 3.73. The summed E-state index contributed by atoms with van der Waals surface area (Å²) < 4.78 is 5.08. The second kappa shape index (κ2) is 12.4. The van der Waals surface area contributed by atoms with Gasteiger partial charge in [0.1, 0.15) is 0 Å². The average molecular weight is 484 g/mol. The number of nitrogens with zero attached hydrogens (tertiary/aromatic N) is 1. The van der Waals surface area contributed by atoms with Gasteiger partial charge in [-0.2, -0.15) is 0 Å². The summed E-state index contributed by atoms with van der Waals surface area (Å²) in [6, 6.07) is 11.0. The molecule has 7 heteroatoms. The molecular weight excluding hydrogens is 455 g/mol. The number of carbonyl (C=O) groups excluding carboxylic acids is 1. The van der Waals surface area contributed by atoms with Crippen molar-refractivity contribution in [2.24, 2.45) is 10.9 Å². The number of rotatable bonds is 8. The molecule has 2 rings (SSSR count). The maximum atomic E-state index is 12.0. The lowest BCUT2D eigenvalue weighted by atomic mass is 10.1. The first kappa shape index (κ1) is 23.0. The molecule has 0 unspecified atom stereocenters. The van der Waals surface area contributed by atoms with Crippen LogP contribution in [0.2, 0.25) is 0 Å². The maximum Gasteiger partial charge on any atom is 0.291 e. The normalized spacial score (nSPS) is 11.0. The van der Waals surface area contributed by atoms with Gasteiger partial charge >= 0.3 is 0 Å². The van der Waals surface area contributed by atoms with E-state index >= 15 is 0 Å². The molecule has 0 aliphatic heterocycles. The van der Waals surface area contributed by atoms with Crippen LogP contribution >= 0.6 is 24.0 Å². The van der Waals surface area contributed by atoms with Gasteiger partial charge in [-0.05, 0) is 49.1 Å². The van der Waals surface area contributed by atoms with Crippen LogP contribution in [-0.2, 0) is 6.54 Å². The van der Waals surface area contributed by atoms with Crippen LogP contribution in [0.25, 0.3) is 0 Å². The zero-order valence-electron chi connectivity index (χ0n) is 16.1. The van der Waals surface area contributed by atoms with E-state index in [0.717, 1.165) is 36.7 Å². The van der Waals surface area contributed by atoms with Gasteiger partial charge in [0.05, 0.1) is 12.8 Å². The van der Waals surface area contributed by atoms with Crippen LogP contribution in [0.3, 0.4) is 0 Å². The van der Waals surface area contributed by atoms with Crippen molar-refractivity contribution in [3.05, 3.63) is 54.0 Å². The van der Waals surface area contributed by atoms with E-state index in [1.807, 2.05) is 24.3 Å². The molecule has 0 saturated heterocycles. The first-order valence-corrected chi connectivity index (χ1v) is 9.04. The van der Waals surface area contributed by atoms with E-state index < -0.39 is 0 Å². The van der Waals surface area contributed by atoms with Gasteiger partial charge in [0.15, 0.2) is 11.7 Å². The van der Waals surface area contributed by atoms with Gasteiger partial charge in [0.2, 0.25) is 0 Å². The minimum absolute atomic E-state index is 0. The van der Waals surface area contributed by atoms with Gasteiger partial charge < -0.3 is 20.4 Å². The van der Waals surface area contributed by atoms with Crippen molar-refractivity contribution >= 4 is 41.5 Å². The Labute approximate surface area is 178 Å². The van der Waals surface area contributed by atoms with E-state index in [9.17, 15) is 4.79 Å². The Bertz CT molecular complexity index is 697. The number of hydrogen-bond acceptors (Lipinski definition) is 3. The summed E-state index contributed by atoms with van der Waals surface area (Å²) in [4.78, 5) is 16.6. The van der Waals surface area contributed by atoms with E-state index in [-0.39, 0.29) is 29.9 Å². The van der Waals surface area contributed by atoms with Crippen LogP contribution in [0.4, 0.5) is 5.69 Å². The van der Waals surface area contributed by atoms with Crippen LogP contribution in [0, 0.1) is 5.92 Å². The molecule has 6 nitrogen and oxygen atoms in total. The number of guanidine groups is 1. The molecule has 0 atom stereocenters. The van der Waals surface area contributed by atoms with E-state index in [1.165, 1.54) is 6.26 Å². The second-order valence-electron chi connectivity index (χ2n) is 6.43. The van der Waals surface area contributed by atoms with Gasteiger partial charge in [-0.15, -0.1) is 24.0 Å². The molecule has 0 fully saturated rings. The van der Waals surface area contributed by atoms with Gasteiger partial charge in [0, 0.05) is 18.8 Å². The van der Waals surface area contributed by atoms with E-state index in [1.54, 1.807) is 12.1 Å². The molecule has 0 aliphatic carbocycles. The number of anilines is 1. The lowest BCUT2D eigenvalue weighted by molar-refractivity contribution is 0.0996. The van der Waals surface area contributed by atoms with Crippen LogP contribution in [-0.4, -0.2) is 25.0 Å². The van der Waals surface area contributed by atoms with E-state index in [0.29, 0.717) is 18.2 Å². The fourth-order valence-corrected chi connectivity index (χ4v) is 2.29. The Morgan fingerprint density at radius 1 is 1.15 bits per heavy atom. The van der Waals surface area contributed by atoms with Crippen molar-refractivity contribution in [2.75, 3.05) is 18.4 Å². The smallest absolute Gasteiger partial charge is 0.291 e. The third kappa shape index (κ3) is 8.47. The predicted octanol–water partition coefficient (Wildman–Crippen LogP) is 4.25. The number of furan rings is 1. The highest BCUT2D eigenvalue weighted by Gasteiger charge is 2.08. The third-order valence-electron chi connectivity index (χ3n) is 3.73. The zero-order valence-corrected chi connectivity index (χ0v) is 18.4. The Hall–Kier alpha value is -2.03. The van der Waals surface area contributed by atoms with Gasteiger partial charge in [-0.1, -0.05) is 26.0 Å². The molecular formula is C20H29IN4O2. The van der Waals surface area contributed by atoms with Crippen molar-refractivity contribution in [3.63, 3.8) is 0 Å². The second-order valence-corrected chi connectivity index (χ2v) is 6.43. The first-order chi connectivity index (χ1) is 12.6. The molecule has 1 aromatic heterocycles. The molecule has 0 bridgehead atoms. The topological polar surface area (TPSA) is 78.7 Å². The molecule has 3 N–H and O–H groups in total. The minimum Gasteiger partial charge on any atom is -0.459 e. The number of nitrogens with one attached hydrogen (secondary N) is 3. The lowest BCUT2D eigenvalue weighted by Crippen LogP contribution is -2.38. The van der Waals surface area contributed by atoms with Crippen LogP contribution in [0.15, 0.2) is 52.1 Å². The molecule has 0 aliphatic rings.